The van der Waals surface area contributed by atoms with Gasteiger partial charge >= 0.3 is 0 Å². The van der Waals surface area contributed by atoms with Gasteiger partial charge in [0.05, 0.1) is 21.6 Å². The van der Waals surface area contributed by atoms with Gasteiger partial charge in [0.2, 0.25) is 0 Å². The first-order chi connectivity index (χ1) is 12.4. The second-order valence-electron chi connectivity index (χ2n) is 6.67. The average molecular weight is 369 g/mol. The summed E-state index contributed by atoms with van der Waals surface area (Å²) in [4.78, 5) is 22.7. The summed E-state index contributed by atoms with van der Waals surface area (Å²) in [6, 6.07) is 7.47. The van der Waals surface area contributed by atoms with Crippen LogP contribution in [0.2, 0.25) is 0 Å². The van der Waals surface area contributed by atoms with Gasteiger partial charge in [-0.1, -0.05) is 26.0 Å². The fraction of sp³-hybridized carbons (Fsp3) is 0.368. The minimum atomic E-state index is -0.203. The predicted molar refractivity (Wildman–Crippen MR) is 103 cm³/mol. The summed E-state index contributed by atoms with van der Waals surface area (Å²) in [6.45, 7) is 8.10. The Bertz CT molecular complexity index is 928. The van der Waals surface area contributed by atoms with Gasteiger partial charge in [-0.15, -0.1) is 11.3 Å². The maximum atomic E-state index is 12.9. The van der Waals surface area contributed by atoms with Gasteiger partial charge in [0.15, 0.2) is 0 Å². The van der Waals surface area contributed by atoms with Crippen LogP contribution in [-0.2, 0) is 7.05 Å². The SMILES string of the molecule is Cc1nc(C)c(-c2cccc(C(=O)N[C@H](c3ncnn3C)C(C)C)c2)s1. The first kappa shape index (κ1) is 18.3. The van der Waals surface area contributed by atoms with Crippen LogP contribution in [0.15, 0.2) is 30.6 Å². The molecule has 1 amide bonds. The van der Waals surface area contributed by atoms with E-state index in [1.165, 1.54) is 6.33 Å². The second-order valence-corrected chi connectivity index (χ2v) is 7.87. The van der Waals surface area contributed by atoms with Crippen LogP contribution in [0.4, 0.5) is 0 Å². The highest BCUT2D eigenvalue weighted by molar-refractivity contribution is 7.15. The van der Waals surface area contributed by atoms with Gasteiger partial charge in [-0.2, -0.15) is 5.10 Å². The monoisotopic (exact) mass is 369 g/mol. The highest BCUT2D eigenvalue weighted by Gasteiger charge is 2.23. The lowest BCUT2D eigenvalue weighted by Crippen LogP contribution is -2.33. The number of aromatic nitrogens is 4. The number of hydrogen-bond acceptors (Lipinski definition) is 5. The molecule has 6 nitrogen and oxygen atoms in total. The zero-order valence-electron chi connectivity index (χ0n) is 15.6. The molecule has 0 spiro atoms. The number of nitrogens with one attached hydrogen (secondary N) is 1. The predicted octanol–water partition coefficient (Wildman–Crippen LogP) is 3.68. The molecule has 0 radical (unpaired) electrons. The topological polar surface area (TPSA) is 72.7 Å². The molecule has 1 atom stereocenters. The average Bonchev–Trinajstić information content (AvgIpc) is 3.17. The number of amides is 1. The van der Waals surface area contributed by atoms with Gasteiger partial charge in [-0.05, 0) is 37.5 Å². The Kier molecular flexibility index (Phi) is 5.18. The van der Waals surface area contributed by atoms with Crippen LogP contribution in [0, 0.1) is 19.8 Å². The van der Waals surface area contributed by atoms with E-state index in [1.54, 1.807) is 16.0 Å². The molecular formula is C19H23N5OS. The molecule has 0 saturated carbocycles. The molecule has 0 aliphatic rings. The summed E-state index contributed by atoms with van der Waals surface area (Å²) in [5, 5.41) is 8.24. The highest BCUT2D eigenvalue weighted by Crippen LogP contribution is 2.30. The van der Waals surface area contributed by atoms with Gasteiger partial charge in [0.1, 0.15) is 12.2 Å². The van der Waals surface area contributed by atoms with E-state index in [9.17, 15) is 4.79 Å². The summed E-state index contributed by atoms with van der Waals surface area (Å²) < 4.78 is 1.70. The molecule has 2 aromatic heterocycles. The summed E-state index contributed by atoms with van der Waals surface area (Å²) in [7, 11) is 1.83. The molecule has 1 aromatic carbocycles. The minimum absolute atomic E-state index is 0.118. The van der Waals surface area contributed by atoms with Crippen molar-refractivity contribution in [3.63, 3.8) is 0 Å². The number of nitrogens with zero attached hydrogens (tertiary/aromatic N) is 4. The number of carbonyl (C=O) groups excluding carboxylic acids is 1. The van der Waals surface area contributed by atoms with Gasteiger partial charge in [-0.3, -0.25) is 9.48 Å². The number of aryl methyl sites for hydroxylation is 3. The molecule has 26 heavy (non-hydrogen) atoms. The first-order valence-corrected chi connectivity index (χ1v) is 9.37. The first-order valence-electron chi connectivity index (χ1n) is 8.56. The number of thiazole rings is 1. The molecule has 3 aromatic rings. The molecule has 1 N–H and O–H groups in total. The van der Waals surface area contributed by atoms with E-state index in [0.717, 1.165) is 27.0 Å². The Balaban J connectivity index is 1.87. The molecule has 136 valence electrons. The Morgan fingerprint density at radius 1 is 1.27 bits per heavy atom. The number of benzene rings is 1. The van der Waals surface area contributed by atoms with Crippen LogP contribution in [0.25, 0.3) is 10.4 Å². The van der Waals surface area contributed by atoms with E-state index < -0.39 is 0 Å². The zero-order chi connectivity index (χ0) is 18.8. The minimum Gasteiger partial charge on any atom is -0.342 e. The zero-order valence-corrected chi connectivity index (χ0v) is 16.5. The van der Waals surface area contributed by atoms with Gasteiger partial charge in [0, 0.05) is 12.6 Å². The second kappa shape index (κ2) is 7.37. The molecule has 0 bridgehead atoms. The van der Waals surface area contributed by atoms with Crippen molar-refractivity contribution >= 4 is 17.2 Å². The van der Waals surface area contributed by atoms with Crippen molar-refractivity contribution in [1.29, 1.82) is 0 Å². The van der Waals surface area contributed by atoms with Crippen LogP contribution in [0.5, 0.6) is 0 Å². The normalized spacial score (nSPS) is 12.4. The Labute approximate surface area is 157 Å². The summed E-state index contributed by atoms with van der Waals surface area (Å²) in [5.74, 6) is 0.822. The molecule has 7 heteroatoms. The van der Waals surface area contributed by atoms with Crippen molar-refractivity contribution in [2.24, 2.45) is 13.0 Å². The lowest BCUT2D eigenvalue weighted by atomic mass is 10.0. The van der Waals surface area contributed by atoms with Crippen molar-refractivity contribution in [2.45, 2.75) is 33.7 Å². The lowest BCUT2D eigenvalue weighted by molar-refractivity contribution is 0.0922. The van der Waals surface area contributed by atoms with Crippen LogP contribution in [0.1, 0.15) is 46.8 Å². The smallest absolute Gasteiger partial charge is 0.251 e. The fourth-order valence-electron chi connectivity index (χ4n) is 2.94. The van der Waals surface area contributed by atoms with Crippen LogP contribution < -0.4 is 5.32 Å². The molecule has 0 aliphatic heterocycles. The van der Waals surface area contributed by atoms with Crippen molar-refractivity contribution in [3.05, 3.63) is 52.7 Å². The van der Waals surface area contributed by atoms with Crippen LogP contribution >= 0.6 is 11.3 Å². The van der Waals surface area contributed by atoms with Crippen molar-refractivity contribution in [1.82, 2.24) is 25.1 Å². The molecule has 0 aliphatic carbocycles. The largest absolute Gasteiger partial charge is 0.342 e. The van der Waals surface area contributed by atoms with E-state index in [4.69, 9.17) is 0 Å². The molecule has 0 saturated heterocycles. The lowest BCUT2D eigenvalue weighted by Gasteiger charge is -2.21. The number of hydrogen-bond donors (Lipinski definition) is 1. The highest BCUT2D eigenvalue weighted by atomic mass is 32.1. The maximum absolute atomic E-state index is 12.9. The number of rotatable bonds is 5. The van der Waals surface area contributed by atoms with Crippen molar-refractivity contribution in [2.75, 3.05) is 0 Å². The summed E-state index contributed by atoms with van der Waals surface area (Å²) in [6.07, 6.45) is 1.51. The van der Waals surface area contributed by atoms with Crippen molar-refractivity contribution < 1.29 is 4.79 Å². The molecule has 0 fully saturated rings. The maximum Gasteiger partial charge on any atom is 0.251 e. The Morgan fingerprint density at radius 2 is 2.04 bits per heavy atom. The van der Waals surface area contributed by atoms with E-state index in [-0.39, 0.29) is 17.9 Å². The number of carbonyl (C=O) groups is 1. The van der Waals surface area contributed by atoms with Gasteiger partial charge < -0.3 is 5.32 Å². The summed E-state index contributed by atoms with van der Waals surface area (Å²) >= 11 is 1.64. The van der Waals surface area contributed by atoms with Gasteiger partial charge in [-0.25, -0.2) is 9.97 Å². The van der Waals surface area contributed by atoms with Crippen molar-refractivity contribution in [3.8, 4) is 10.4 Å². The van der Waals surface area contributed by atoms with E-state index in [1.807, 2.05) is 45.2 Å². The standard InChI is InChI=1S/C19H23N5OS/c1-11(2)16(18-20-10-21-24(18)5)23-19(25)15-8-6-7-14(9-15)17-12(3)22-13(4)26-17/h6-11,16H,1-5H3,(H,23,25)/t16-/m0/s1. The van der Waals surface area contributed by atoms with E-state index in [0.29, 0.717) is 5.56 Å². The third-order valence-electron chi connectivity index (χ3n) is 4.27. The van der Waals surface area contributed by atoms with Crippen LogP contribution in [0.3, 0.4) is 0 Å². The van der Waals surface area contributed by atoms with Gasteiger partial charge in [0.25, 0.3) is 5.91 Å². The Morgan fingerprint density at radius 3 is 2.62 bits per heavy atom. The molecular weight excluding hydrogens is 346 g/mol. The van der Waals surface area contributed by atoms with Crippen LogP contribution in [-0.4, -0.2) is 25.7 Å². The molecule has 0 unspecified atom stereocenters. The third-order valence-corrected chi connectivity index (χ3v) is 5.39. The Hall–Kier alpha value is -2.54. The van der Waals surface area contributed by atoms with E-state index in [2.05, 4.69) is 34.2 Å². The van der Waals surface area contributed by atoms with E-state index >= 15 is 0 Å². The molecule has 2 heterocycles. The fourth-order valence-corrected chi connectivity index (χ4v) is 3.86. The third kappa shape index (κ3) is 3.67. The molecule has 3 rings (SSSR count). The quantitative estimate of drug-likeness (QED) is 0.744. The summed E-state index contributed by atoms with van der Waals surface area (Å²) in [5.41, 5.74) is 2.63.